The molecular weight excluding hydrogens is 289 g/mol. The molecule has 1 atom stereocenters. The molecule has 2 N–H and O–H groups in total. The van der Waals surface area contributed by atoms with Crippen molar-refractivity contribution in [2.75, 3.05) is 20.0 Å². The fourth-order valence-electron chi connectivity index (χ4n) is 1.93. The number of ether oxygens (including phenoxy) is 2. The van der Waals surface area contributed by atoms with Crippen molar-refractivity contribution in [2.24, 2.45) is 5.73 Å². The molecule has 0 spiro atoms. The van der Waals surface area contributed by atoms with Gasteiger partial charge in [-0.2, -0.15) is 0 Å². The zero-order valence-corrected chi connectivity index (χ0v) is 12.8. The van der Waals surface area contributed by atoms with Gasteiger partial charge < -0.3 is 15.2 Å². The number of para-hydroxylation sites is 1. The summed E-state index contributed by atoms with van der Waals surface area (Å²) < 4.78 is 23.9. The summed E-state index contributed by atoms with van der Waals surface area (Å²) in [4.78, 5) is 1.02. The number of methoxy groups -OCH3 is 2. The average Bonchev–Trinajstić information content (AvgIpc) is 2.52. The van der Waals surface area contributed by atoms with Gasteiger partial charge in [-0.3, -0.25) is 0 Å². The van der Waals surface area contributed by atoms with Crippen LogP contribution in [0.25, 0.3) is 0 Å². The van der Waals surface area contributed by atoms with Gasteiger partial charge in [-0.1, -0.05) is 18.2 Å². The molecule has 5 heteroatoms. The molecule has 3 nitrogen and oxygen atoms in total. The highest BCUT2D eigenvalue weighted by Gasteiger charge is 2.12. The molecule has 0 aliphatic heterocycles. The summed E-state index contributed by atoms with van der Waals surface area (Å²) in [7, 11) is 3.08. The maximum atomic E-state index is 13.7. The lowest BCUT2D eigenvalue weighted by Crippen LogP contribution is -2.13. The highest BCUT2D eigenvalue weighted by molar-refractivity contribution is 7.99. The van der Waals surface area contributed by atoms with Gasteiger partial charge in [0.05, 0.1) is 14.2 Å². The van der Waals surface area contributed by atoms with Gasteiger partial charge in [0.15, 0.2) is 11.6 Å². The maximum absolute atomic E-state index is 13.7. The summed E-state index contributed by atoms with van der Waals surface area (Å²) in [6.45, 7) is 0. The molecule has 1 unspecified atom stereocenters. The summed E-state index contributed by atoms with van der Waals surface area (Å²) in [6, 6.07) is 12.3. The molecule has 0 aliphatic carbocycles. The SMILES string of the molecule is COc1ccc(C(N)CSc2ccccc2OC)cc1F. The van der Waals surface area contributed by atoms with Gasteiger partial charge in [-0.05, 0) is 29.8 Å². The van der Waals surface area contributed by atoms with Gasteiger partial charge in [-0.15, -0.1) is 11.8 Å². The van der Waals surface area contributed by atoms with Crippen molar-refractivity contribution in [3.63, 3.8) is 0 Å². The number of nitrogens with two attached hydrogens (primary N) is 1. The van der Waals surface area contributed by atoms with Crippen molar-refractivity contribution in [2.45, 2.75) is 10.9 Å². The van der Waals surface area contributed by atoms with E-state index >= 15 is 0 Å². The quantitative estimate of drug-likeness (QED) is 0.828. The topological polar surface area (TPSA) is 44.5 Å². The van der Waals surface area contributed by atoms with Crippen LogP contribution in [0.5, 0.6) is 11.5 Å². The first-order chi connectivity index (χ1) is 10.2. The number of thioether (sulfide) groups is 1. The third-order valence-corrected chi connectivity index (χ3v) is 4.27. The Balaban J connectivity index is 2.04. The Bertz CT molecular complexity index is 607. The minimum atomic E-state index is -0.396. The van der Waals surface area contributed by atoms with Crippen molar-refractivity contribution in [3.05, 3.63) is 53.8 Å². The molecule has 0 heterocycles. The van der Waals surface area contributed by atoms with Crippen LogP contribution in [0.2, 0.25) is 0 Å². The Morgan fingerprint density at radius 2 is 1.81 bits per heavy atom. The second-order valence-electron chi connectivity index (χ2n) is 4.46. The van der Waals surface area contributed by atoms with E-state index in [2.05, 4.69) is 0 Å². The van der Waals surface area contributed by atoms with E-state index in [4.69, 9.17) is 15.2 Å². The van der Waals surface area contributed by atoms with Crippen molar-refractivity contribution >= 4 is 11.8 Å². The lowest BCUT2D eigenvalue weighted by molar-refractivity contribution is 0.386. The van der Waals surface area contributed by atoms with Gasteiger partial charge in [0, 0.05) is 16.7 Å². The monoisotopic (exact) mass is 307 g/mol. The Morgan fingerprint density at radius 1 is 1.10 bits per heavy atom. The lowest BCUT2D eigenvalue weighted by Gasteiger charge is -2.14. The summed E-state index contributed by atoms with van der Waals surface area (Å²) in [5.74, 6) is 1.28. The fraction of sp³-hybridized carbons (Fsp3) is 0.250. The molecule has 0 radical (unpaired) electrons. The van der Waals surface area contributed by atoms with Gasteiger partial charge in [-0.25, -0.2) is 4.39 Å². The zero-order chi connectivity index (χ0) is 15.2. The molecule has 0 fully saturated rings. The Morgan fingerprint density at radius 3 is 2.48 bits per heavy atom. The number of benzene rings is 2. The van der Waals surface area contributed by atoms with Crippen LogP contribution in [0, 0.1) is 5.82 Å². The van der Waals surface area contributed by atoms with E-state index in [-0.39, 0.29) is 11.8 Å². The highest BCUT2D eigenvalue weighted by Crippen LogP contribution is 2.31. The van der Waals surface area contributed by atoms with Crippen LogP contribution >= 0.6 is 11.8 Å². The normalized spacial score (nSPS) is 12.0. The molecule has 2 rings (SSSR count). The fourth-order valence-corrected chi connectivity index (χ4v) is 2.95. The molecule has 2 aromatic carbocycles. The van der Waals surface area contributed by atoms with Crippen molar-refractivity contribution in [3.8, 4) is 11.5 Å². The minimum Gasteiger partial charge on any atom is -0.496 e. The Kier molecular flexibility index (Phi) is 5.47. The second-order valence-corrected chi connectivity index (χ2v) is 5.52. The summed E-state index contributed by atoms with van der Waals surface area (Å²) in [6.07, 6.45) is 0. The molecular formula is C16H18FNO2S. The summed E-state index contributed by atoms with van der Waals surface area (Å²) in [5.41, 5.74) is 6.87. The largest absolute Gasteiger partial charge is 0.496 e. The third kappa shape index (κ3) is 3.89. The Hall–Kier alpha value is -1.72. The van der Waals surface area contributed by atoms with Crippen LogP contribution in [0.15, 0.2) is 47.4 Å². The molecule has 0 aromatic heterocycles. The second kappa shape index (κ2) is 7.33. The van der Waals surface area contributed by atoms with Gasteiger partial charge in [0.25, 0.3) is 0 Å². The van der Waals surface area contributed by atoms with Crippen molar-refractivity contribution in [1.29, 1.82) is 0 Å². The van der Waals surface area contributed by atoms with Crippen LogP contribution < -0.4 is 15.2 Å². The van der Waals surface area contributed by atoms with Gasteiger partial charge in [0.2, 0.25) is 0 Å². The van der Waals surface area contributed by atoms with Crippen molar-refractivity contribution < 1.29 is 13.9 Å². The lowest BCUT2D eigenvalue weighted by atomic mass is 10.1. The first-order valence-corrected chi connectivity index (χ1v) is 7.49. The first kappa shape index (κ1) is 15.7. The van der Waals surface area contributed by atoms with E-state index in [1.807, 2.05) is 24.3 Å². The summed E-state index contributed by atoms with van der Waals surface area (Å²) in [5, 5.41) is 0. The minimum absolute atomic E-state index is 0.225. The van der Waals surface area contributed by atoms with Crippen LogP contribution in [0.1, 0.15) is 11.6 Å². The van der Waals surface area contributed by atoms with Gasteiger partial charge >= 0.3 is 0 Å². The van der Waals surface area contributed by atoms with E-state index in [9.17, 15) is 4.39 Å². The highest BCUT2D eigenvalue weighted by atomic mass is 32.2. The number of halogens is 1. The van der Waals surface area contributed by atoms with Crippen LogP contribution in [-0.2, 0) is 0 Å². The van der Waals surface area contributed by atoms with Gasteiger partial charge in [0.1, 0.15) is 5.75 Å². The molecule has 0 saturated carbocycles. The van der Waals surface area contributed by atoms with E-state index in [0.717, 1.165) is 16.2 Å². The molecule has 0 bridgehead atoms. The van der Waals surface area contributed by atoms with Crippen LogP contribution in [0.3, 0.4) is 0 Å². The molecule has 2 aromatic rings. The van der Waals surface area contributed by atoms with E-state index in [1.54, 1.807) is 31.0 Å². The van der Waals surface area contributed by atoms with E-state index in [1.165, 1.54) is 13.2 Å². The molecule has 0 aliphatic rings. The predicted molar refractivity (Wildman–Crippen MR) is 83.6 cm³/mol. The number of hydrogen-bond donors (Lipinski definition) is 1. The predicted octanol–water partition coefficient (Wildman–Crippen LogP) is 3.64. The number of hydrogen-bond acceptors (Lipinski definition) is 4. The van der Waals surface area contributed by atoms with Crippen LogP contribution in [0.4, 0.5) is 4.39 Å². The van der Waals surface area contributed by atoms with Crippen LogP contribution in [-0.4, -0.2) is 20.0 Å². The molecule has 112 valence electrons. The zero-order valence-electron chi connectivity index (χ0n) is 12.0. The average molecular weight is 307 g/mol. The third-order valence-electron chi connectivity index (χ3n) is 3.09. The van der Waals surface area contributed by atoms with Crippen molar-refractivity contribution in [1.82, 2.24) is 0 Å². The molecule has 21 heavy (non-hydrogen) atoms. The Labute approximate surface area is 128 Å². The molecule has 0 saturated heterocycles. The van der Waals surface area contributed by atoms with E-state index in [0.29, 0.717) is 5.75 Å². The summed E-state index contributed by atoms with van der Waals surface area (Å²) >= 11 is 1.59. The molecule has 0 amide bonds. The first-order valence-electron chi connectivity index (χ1n) is 6.50. The maximum Gasteiger partial charge on any atom is 0.165 e. The smallest absolute Gasteiger partial charge is 0.165 e. The standard InChI is InChI=1S/C16H18FNO2S/c1-19-14-8-7-11(9-12(14)17)13(18)10-21-16-6-4-3-5-15(16)20-2/h3-9,13H,10,18H2,1-2H3. The van der Waals surface area contributed by atoms with E-state index < -0.39 is 5.82 Å². The number of rotatable bonds is 6.